The summed E-state index contributed by atoms with van der Waals surface area (Å²) in [5, 5.41) is 0.524. The number of nitrogens with zero attached hydrogens (tertiary/aromatic N) is 1. The Morgan fingerprint density at radius 2 is 1.81 bits per heavy atom. The number of aromatic nitrogens is 1. The molecule has 1 aromatic carbocycles. The second-order valence-corrected chi connectivity index (χ2v) is 5.66. The first-order valence-electron chi connectivity index (χ1n) is 6.47. The first-order chi connectivity index (χ1) is 9.90. The lowest BCUT2D eigenvalue weighted by Gasteiger charge is -2.10. The van der Waals surface area contributed by atoms with E-state index in [0.29, 0.717) is 5.03 Å². The molecule has 2 aromatic rings. The van der Waals surface area contributed by atoms with Crippen LogP contribution in [0, 0.1) is 0 Å². The van der Waals surface area contributed by atoms with E-state index in [-0.39, 0.29) is 6.04 Å². The van der Waals surface area contributed by atoms with Crippen molar-refractivity contribution in [1.82, 2.24) is 4.98 Å². The Morgan fingerprint density at radius 1 is 1.14 bits per heavy atom. The van der Waals surface area contributed by atoms with Gasteiger partial charge in [0.15, 0.2) is 0 Å². The number of benzene rings is 1. The van der Waals surface area contributed by atoms with Crippen molar-refractivity contribution in [3.8, 4) is 0 Å². The van der Waals surface area contributed by atoms with E-state index in [4.69, 9.17) is 5.73 Å². The standard InChI is InChI=1S/C15H15F3N2S/c1-2-13(19)10-3-6-12(7-4-10)21-14-8-5-11(9-20-14)15(16,17)18/h3-9,13H,2,19H2,1H3. The topological polar surface area (TPSA) is 38.9 Å². The van der Waals surface area contributed by atoms with Crippen LogP contribution in [0.1, 0.15) is 30.5 Å². The molecule has 1 unspecified atom stereocenters. The smallest absolute Gasteiger partial charge is 0.324 e. The van der Waals surface area contributed by atoms with Gasteiger partial charge in [-0.2, -0.15) is 13.2 Å². The van der Waals surface area contributed by atoms with Crippen LogP contribution in [0.4, 0.5) is 13.2 Å². The van der Waals surface area contributed by atoms with E-state index in [2.05, 4.69) is 4.98 Å². The summed E-state index contributed by atoms with van der Waals surface area (Å²) in [5.41, 5.74) is 6.23. The maximum Gasteiger partial charge on any atom is 0.417 e. The largest absolute Gasteiger partial charge is 0.417 e. The molecule has 0 aliphatic rings. The van der Waals surface area contributed by atoms with Gasteiger partial charge in [0.05, 0.1) is 5.56 Å². The zero-order chi connectivity index (χ0) is 15.5. The van der Waals surface area contributed by atoms with Crippen molar-refractivity contribution < 1.29 is 13.2 Å². The van der Waals surface area contributed by atoms with Gasteiger partial charge >= 0.3 is 6.18 Å². The highest BCUT2D eigenvalue weighted by Gasteiger charge is 2.30. The molecule has 112 valence electrons. The third kappa shape index (κ3) is 4.22. The highest BCUT2D eigenvalue weighted by atomic mass is 32.2. The Labute approximate surface area is 125 Å². The summed E-state index contributed by atoms with van der Waals surface area (Å²) in [6.07, 6.45) is -2.65. The molecule has 1 atom stereocenters. The Bertz CT molecular complexity index is 579. The molecule has 6 heteroatoms. The zero-order valence-corrected chi connectivity index (χ0v) is 12.2. The first kappa shape index (κ1) is 15.9. The molecule has 0 amide bonds. The number of rotatable bonds is 4. The fourth-order valence-corrected chi connectivity index (χ4v) is 2.50. The van der Waals surface area contributed by atoms with Crippen molar-refractivity contribution in [3.05, 3.63) is 53.7 Å². The molecular weight excluding hydrogens is 297 g/mol. The molecule has 2 N–H and O–H groups in total. The molecule has 0 aliphatic carbocycles. The number of halogens is 3. The number of pyridine rings is 1. The number of nitrogens with two attached hydrogens (primary N) is 1. The molecule has 0 bridgehead atoms. The van der Waals surface area contributed by atoms with Crippen LogP contribution >= 0.6 is 11.8 Å². The molecular formula is C15H15F3N2S. The Morgan fingerprint density at radius 3 is 2.29 bits per heavy atom. The summed E-state index contributed by atoms with van der Waals surface area (Å²) in [6.45, 7) is 2.01. The molecule has 0 aliphatic heterocycles. The second-order valence-electron chi connectivity index (χ2n) is 4.57. The summed E-state index contributed by atoms with van der Waals surface area (Å²) in [4.78, 5) is 4.74. The van der Waals surface area contributed by atoms with Crippen LogP contribution in [0.15, 0.2) is 52.5 Å². The summed E-state index contributed by atoms with van der Waals surface area (Å²) >= 11 is 1.32. The Balaban J connectivity index is 2.08. The monoisotopic (exact) mass is 312 g/mol. The number of hydrogen-bond donors (Lipinski definition) is 1. The quantitative estimate of drug-likeness (QED) is 0.892. The van der Waals surface area contributed by atoms with Crippen molar-refractivity contribution in [1.29, 1.82) is 0 Å². The molecule has 1 heterocycles. The summed E-state index contributed by atoms with van der Waals surface area (Å²) in [7, 11) is 0. The molecule has 2 nitrogen and oxygen atoms in total. The maximum atomic E-state index is 12.4. The Kier molecular flexibility index (Phi) is 4.90. The highest BCUT2D eigenvalue weighted by Crippen LogP contribution is 2.31. The van der Waals surface area contributed by atoms with Gasteiger partial charge in [-0.25, -0.2) is 4.98 Å². The third-order valence-electron chi connectivity index (χ3n) is 3.03. The van der Waals surface area contributed by atoms with Crippen molar-refractivity contribution in [3.63, 3.8) is 0 Å². The maximum absolute atomic E-state index is 12.4. The Hall–Kier alpha value is -1.53. The van der Waals surface area contributed by atoms with Gasteiger partial charge < -0.3 is 5.73 Å². The average Bonchev–Trinajstić information content (AvgIpc) is 2.47. The van der Waals surface area contributed by atoms with Crippen LogP contribution in [0.3, 0.4) is 0 Å². The molecule has 0 saturated carbocycles. The van der Waals surface area contributed by atoms with E-state index in [1.54, 1.807) is 0 Å². The van der Waals surface area contributed by atoms with E-state index >= 15 is 0 Å². The van der Waals surface area contributed by atoms with Crippen molar-refractivity contribution >= 4 is 11.8 Å². The SMILES string of the molecule is CCC(N)c1ccc(Sc2ccc(C(F)(F)F)cn2)cc1. The van der Waals surface area contributed by atoms with Crippen LogP contribution in [0.2, 0.25) is 0 Å². The summed E-state index contributed by atoms with van der Waals surface area (Å²) in [6, 6.07) is 10.1. The lowest BCUT2D eigenvalue weighted by molar-refractivity contribution is -0.137. The van der Waals surface area contributed by atoms with Gasteiger partial charge in [-0.3, -0.25) is 0 Å². The molecule has 1 aromatic heterocycles. The van der Waals surface area contributed by atoms with Crippen molar-refractivity contribution in [2.24, 2.45) is 5.73 Å². The van der Waals surface area contributed by atoms with Gasteiger partial charge in [-0.05, 0) is 36.2 Å². The van der Waals surface area contributed by atoms with Gasteiger partial charge in [0.1, 0.15) is 5.03 Å². The fraction of sp³-hybridized carbons (Fsp3) is 0.267. The van der Waals surface area contributed by atoms with Crippen LogP contribution in [-0.2, 0) is 6.18 Å². The van der Waals surface area contributed by atoms with E-state index < -0.39 is 11.7 Å². The van der Waals surface area contributed by atoms with E-state index in [0.717, 1.165) is 29.1 Å². The minimum Gasteiger partial charge on any atom is -0.324 e. The predicted molar refractivity (Wildman–Crippen MR) is 77.0 cm³/mol. The van der Waals surface area contributed by atoms with E-state index in [9.17, 15) is 13.2 Å². The lowest BCUT2D eigenvalue weighted by atomic mass is 10.1. The molecule has 0 fully saturated rings. The molecule has 0 saturated heterocycles. The number of hydrogen-bond acceptors (Lipinski definition) is 3. The summed E-state index contributed by atoms with van der Waals surface area (Å²) in [5.74, 6) is 0. The minimum absolute atomic E-state index is 0.00763. The van der Waals surface area contributed by atoms with Gasteiger partial charge in [0.25, 0.3) is 0 Å². The van der Waals surface area contributed by atoms with Gasteiger partial charge in [-0.1, -0.05) is 30.8 Å². The molecule has 0 radical (unpaired) electrons. The minimum atomic E-state index is -4.35. The number of alkyl halides is 3. The van der Waals surface area contributed by atoms with Crippen LogP contribution in [0.25, 0.3) is 0 Å². The van der Waals surface area contributed by atoms with Gasteiger partial charge in [-0.15, -0.1) is 0 Å². The second kappa shape index (κ2) is 6.49. The van der Waals surface area contributed by atoms with Crippen molar-refractivity contribution in [2.75, 3.05) is 0 Å². The zero-order valence-electron chi connectivity index (χ0n) is 11.4. The molecule has 2 rings (SSSR count). The van der Waals surface area contributed by atoms with E-state index in [1.807, 2.05) is 31.2 Å². The van der Waals surface area contributed by atoms with Crippen LogP contribution in [-0.4, -0.2) is 4.98 Å². The van der Waals surface area contributed by atoms with E-state index in [1.165, 1.54) is 17.8 Å². The highest BCUT2D eigenvalue weighted by molar-refractivity contribution is 7.99. The predicted octanol–water partition coefficient (Wildman–Crippen LogP) is 4.66. The van der Waals surface area contributed by atoms with Crippen LogP contribution in [0.5, 0.6) is 0 Å². The van der Waals surface area contributed by atoms with Crippen LogP contribution < -0.4 is 5.73 Å². The molecule has 21 heavy (non-hydrogen) atoms. The van der Waals surface area contributed by atoms with Gasteiger partial charge in [0.2, 0.25) is 0 Å². The normalized spacial score (nSPS) is 13.2. The van der Waals surface area contributed by atoms with Gasteiger partial charge in [0, 0.05) is 17.1 Å². The summed E-state index contributed by atoms with van der Waals surface area (Å²) < 4.78 is 37.3. The third-order valence-corrected chi connectivity index (χ3v) is 3.99. The lowest BCUT2D eigenvalue weighted by Crippen LogP contribution is -2.08. The average molecular weight is 312 g/mol. The fourth-order valence-electron chi connectivity index (χ4n) is 1.75. The molecule has 0 spiro atoms. The first-order valence-corrected chi connectivity index (χ1v) is 7.28. The van der Waals surface area contributed by atoms with Crippen molar-refractivity contribution in [2.45, 2.75) is 35.5 Å².